The van der Waals surface area contributed by atoms with Crippen LogP contribution in [0.15, 0.2) is 61.2 Å². The molecule has 1 fully saturated rings. The summed E-state index contributed by atoms with van der Waals surface area (Å²) < 4.78 is 0. The van der Waals surface area contributed by atoms with Gasteiger partial charge in [0.1, 0.15) is 0 Å². The lowest BCUT2D eigenvalue weighted by atomic mass is 9.73. The Hall–Kier alpha value is -2.08. The van der Waals surface area contributed by atoms with Crippen LogP contribution < -0.4 is 0 Å². The Morgan fingerprint density at radius 2 is 1.57 bits per heavy atom. The zero-order valence-corrected chi connectivity index (χ0v) is 18.2. The molecule has 3 rings (SSSR count). The normalized spacial score (nSPS) is 19.6. The van der Waals surface area contributed by atoms with Gasteiger partial charge >= 0.3 is 0 Å². The fourth-order valence-electron chi connectivity index (χ4n) is 4.69. The van der Waals surface area contributed by atoms with Crippen molar-refractivity contribution >= 4 is 5.57 Å². The maximum absolute atomic E-state index is 4.35. The first-order chi connectivity index (χ1) is 13.3. The Kier molecular flexibility index (Phi) is 6.60. The summed E-state index contributed by atoms with van der Waals surface area (Å²) in [6.07, 6.45) is 6.12. The molecule has 0 spiro atoms. The average molecular weight is 373 g/mol. The van der Waals surface area contributed by atoms with Crippen LogP contribution in [0.1, 0.15) is 73.3 Å². The lowest BCUT2D eigenvalue weighted by Crippen LogP contribution is -2.17. The predicted octanol–water partition coefficient (Wildman–Crippen LogP) is 8.05. The molecule has 1 aliphatic rings. The van der Waals surface area contributed by atoms with E-state index in [1.807, 2.05) is 0 Å². The second kappa shape index (κ2) is 8.95. The molecule has 0 saturated heterocycles. The highest BCUT2D eigenvalue weighted by Crippen LogP contribution is 2.41. The van der Waals surface area contributed by atoms with Crippen LogP contribution in [0.5, 0.6) is 0 Å². The number of hydrogen-bond acceptors (Lipinski definition) is 0. The smallest absolute Gasteiger partial charge is 0.00256 e. The molecular weight excluding hydrogens is 336 g/mol. The van der Waals surface area contributed by atoms with E-state index in [-0.39, 0.29) is 0 Å². The van der Waals surface area contributed by atoms with Crippen LogP contribution in [-0.2, 0) is 6.42 Å². The molecule has 0 atom stereocenters. The van der Waals surface area contributed by atoms with Gasteiger partial charge in [-0.2, -0.15) is 0 Å². The second-order valence-corrected chi connectivity index (χ2v) is 9.12. The van der Waals surface area contributed by atoms with E-state index in [1.54, 1.807) is 5.56 Å². The van der Waals surface area contributed by atoms with Crippen LogP contribution in [0.25, 0.3) is 5.57 Å². The van der Waals surface area contributed by atoms with Gasteiger partial charge in [0, 0.05) is 0 Å². The summed E-state index contributed by atoms with van der Waals surface area (Å²) in [5, 5.41) is 0. The first kappa shape index (κ1) is 20.6. The van der Waals surface area contributed by atoms with Crippen molar-refractivity contribution in [1.82, 2.24) is 0 Å². The molecule has 1 saturated carbocycles. The predicted molar refractivity (Wildman–Crippen MR) is 124 cm³/mol. The van der Waals surface area contributed by atoms with E-state index in [0.29, 0.717) is 11.8 Å². The average Bonchev–Trinajstić information content (AvgIpc) is 2.68. The molecule has 28 heavy (non-hydrogen) atoms. The van der Waals surface area contributed by atoms with Crippen molar-refractivity contribution < 1.29 is 0 Å². The number of hydrogen-bond donors (Lipinski definition) is 0. The van der Waals surface area contributed by atoms with E-state index < -0.39 is 0 Å². The zero-order chi connectivity index (χ0) is 20.3. The molecule has 1 aliphatic carbocycles. The Bertz CT molecular complexity index is 827. The van der Waals surface area contributed by atoms with E-state index in [2.05, 4.69) is 83.3 Å². The van der Waals surface area contributed by atoms with Crippen LogP contribution in [-0.4, -0.2) is 0 Å². The van der Waals surface area contributed by atoms with Crippen molar-refractivity contribution in [3.8, 4) is 0 Å². The number of allylic oxidation sites excluding steroid dienone is 2. The summed E-state index contributed by atoms with van der Waals surface area (Å²) >= 11 is 0. The number of aryl methyl sites for hydroxylation is 2. The maximum atomic E-state index is 4.35. The quantitative estimate of drug-likeness (QED) is 0.450. The van der Waals surface area contributed by atoms with Crippen LogP contribution in [0, 0.1) is 25.7 Å². The highest BCUT2D eigenvalue weighted by Gasteiger charge is 2.25. The molecule has 0 nitrogen and oxygen atoms in total. The van der Waals surface area contributed by atoms with Crippen molar-refractivity contribution in [1.29, 1.82) is 0 Å². The highest BCUT2D eigenvalue weighted by molar-refractivity contribution is 5.66. The highest BCUT2D eigenvalue weighted by atomic mass is 14.3. The van der Waals surface area contributed by atoms with Gasteiger partial charge in [-0.15, -0.1) is 0 Å². The van der Waals surface area contributed by atoms with Crippen molar-refractivity contribution in [2.45, 2.75) is 65.7 Å². The molecule has 0 radical (unpaired) electrons. The van der Waals surface area contributed by atoms with Crippen LogP contribution >= 0.6 is 0 Å². The van der Waals surface area contributed by atoms with Crippen LogP contribution in [0.3, 0.4) is 0 Å². The molecule has 0 unspecified atom stereocenters. The summed E-state index contributed by atoms with van der Waals surface area (Å²) in [5.41, 5.74) is 9.56. The third-order valence-electron chi connectivity index (χ3n) is 6.64. The summed E-state index contributed by atoms with van der Waals surface area (Å²) in [7, 11) is 0. The minimum absolute atomic E-state index is 0.615. The Labute approximate surface area is 172 Å². The third-order valence-corrected chi connectivity index (χ3v) is 6.64. The van der Waals surface area contributed by atoms with Crippen molar-refractivity contribution in [3.05, 3.63) is 89.0 Å². The number of rotatable bonds is 6. The molecule has 0 N–H and O–H groups in total. The summed E-state index contributed by atoms with van der Waals surface area (Å²) in [5.74, 6) is 2.06. The standard InChI is InChI=1S/C28H36/c1-19(2)23(6)26-12-14-27(15-13-26)28-16-9-24(18-22(28)5)17-21(4)25-10-7-20(3)8-11-25/h7-11,16,18-19,26-27H,4,6,12-15,17H2,1-3,5H3. The fraction of sp³-hybridized carbons (Fsp3) is 0.429. The molecular formula is C28H36. The summed E-state index contributed by atoms with van der Waals surface area (Å²) in [6.45, 7) is 17.6. The summed E-state index contributed by atoms with van der Waals surface area (Å²) in [4.78, 5) is 0. The molecule has 0 aliphatic heterocycles. The lowest BCUT2D eigenvalue weighted by Gasteiger charge is -2.32. The Morgan fingerprint density at radius 3 is 2.14 bits per heavy atom. The van der Waals surface area contributed by atoms with Gasteiger partial charge < -0.3 is 0 Å². The lowest BCUT2D eigenvalue weighted by molar-refractivity contribution is 0.347. The van der Waals surface area contributed by atoms with Gasteiger partial charge in [0.2, 0.25) is 0 Å². The second-order valence-electron chi connectivity index (χ2n) is 9.12. The largest absolute Gasteiger partial charge is 0.0993 e. The Balaban J connectivity index is 1.64. The number of benzene rings is 2. The topological polar surface area (TPSA) is 0 Å². The summed E-state index contributed by atoms with van der Waals surface area (Å²) in [6, 6.07) is 15.8. The van der Waals surface area contributed by atoms with Gasteiger partial charge in [-0.25, -0.2) is 0 Å². The van der Waals surface area contributed by atoms with Gasteiger partial charge in [-0.3, -0.25) is 0 Å². The van der Waals surface area contributed by atoms with Crippen molar-refractivity contribution in [3.63, 3.8) is 0 Å². The van der Waals surface area contributed by atoms with Gasteiger partial charge in [0.15, 0.2) is 0 Å². The zero-order valence-electron chi connectivity index (χ0n) is 18.2. The monoisotopic (exact) mass is 372 g/mol. The minimum atomic E-state index is 0.615. The van der Waals surface area contributed by atoms with Gasteiger partial charge in [-0.05, 0) is 91.5 Å². The maximum Gasteiger partial charge on any atom is -0.00256 e. The minimum Gasteiger partial charge on any atom is -0.0993 e. The molecule has 2 aromatic rings. The first-order valence-electron chi connectivity index (χ1n) is 10.9. The van der Waals surface area contributed by atoms with E-state index in [0.717, 1.165) is 12.3 Å². The van der Waals surface area contributed by atoms with Gasteiger partial charge in [0.05, 0.1) is 0 Å². The van der Waals surface area contributed by atoms with Crippen molar-refractivity contribution in [2.75, 3.05) is 0 Å². The molecule has 2 aromatic carbocycles. The van der Waals surface area contributed by atoms with E-state index in [4.69, 9.17) is 0 Å². The van der Waals surface area contributed by atoms with Gasteiger partial charge in [0.25, 0.3) is 0 Å². The third kappa shape index (κ3) is 4.85. The molecule has 0 bridgehead atoms. The first-order valence-corrected chi connectivity index (χ1v) is 10.9. The Morgan fingerprint density at radius 1 is 0.929 bits per heavy atom. The molecule has 0 amide bonds. The van der Waals surface area contributed by atoms with Gasteiger partial charge in [-0.1, -0.05) is 80.6 Å². The van der Waals surface area contributed by atoms with Crippen molar-refractivity contribution in [2.24, 2.45) is 11.8 Å². The van der Waals surface area contributed by atoms with E-state index >= 15 is 0 Å². The van der Waals surface area contributed by atoms with E-state index in [9.17, 15) is 0 Å². The molecule has 0 heteroatoms. The molecule has 0 heterocycles. The van der Waals surface area contributed by atoms with Crippen LogP contribution in [0.2, 0.25) is 0 Å². The van der Waals surface area contributed by atoms with E-state index in [1.165, 1.54) is 59.1 Å². The SMILES string of the molecule is C=C(Cc1ccc(C2CCC(C(=C)C(C)C)CC2)c(C)c1)c1ccc(C)cc1. The van der Waals surface area contributed by atoms with Crippen LogP contribution in [0.4, 0.5) is 0 Å². The molecule has 148 valence electrons. The fourth-order valence-corrected chi connectivity index (χ4v) is 4.69. The molecule has 0 aromatic heterocycles.